The van der Waals surface area contributed by atoms with Gasteiger partial charge in [-0.05, 0) is 74.4 Å². The summed E-state index contributed by atoms with van der Waals surface area (Å²) in [5.74, 6) is -1.52. The number of aromatic hydroxyl groups is 1. The monoisotopic (exact) mass is 516 g/mol. The van der Waals surface area contributed by atoms with Gasteiger partial charge in [0.15, 0.2) is 0 Å². The number of anilines is 2. The summed E-state index contributed by atoms with van der Waals surface area (Å²) in [6.07, 6.45) is 0. The lowest BCUT2D eigenvalue weighted by Gasteiger charge is -2.27. The number of ether oxygens (including phenoxy) is 2. The van der Waals surface area contributed by atoms with Gasteiger partial charge in [-0.1, -0.05) is 18.2 Å². The molecule has 0 spiro atoms. The van der Waals surface area contributed by atoms with Crippen molar-refractivity contribution in [2.24, 2.45) is 0 Å². The molecule has 4 rings (SSSR count). The van der Waals surface area contributed by atoms with Crippen LogP contribution in [0, 0.1) is 6.92 Å². The first-order valence-electron chi connectivity index (χ1n) is 12.4. The number of methoxy groups -OCH3 is 2. The normalized spacial score (nSPS) is 16.6. The van der Waals surface area contributed by atoms with E-state index in [1.54, 1.807) is 30.3 Å². The molecular weight excluding hydrogens is 484 g/mol. The van der Waals surface area contributed by atoms with Crippen LogP contribution in [0.15, 0.2) is 66.2 Å². The Labute approximate surface area is 222 Å². The van der Waals surface area contributed by atoms with E-state index in [-0.39, 0.29) is 22.6 Å². The van der Waals surface area contributed by atoms with Gasteiger partial charge in [-0.3, -0.25) is 14.5 Å². The van der Waals surface area contributed by atoms with Gasteiger partial charge < -0.3 is 24.6 Å². The van der Waals surface area contributed by atoms with Gasteiger partial charge >= 0.3 is 0 Å². The molecule has 3 aromatic rings. The summed E-state index contributed by atoms with van der Waals surface area (Å²) in [7, 11) is 2.94. The topological polar surface area (TPSA) is 99.5 Å². The number of phenols is 1. The smallest absolute Gasteiger partial charge is 0.300 e. The highest BCUT2D eigenvalue weighted by Crippen LogP contribution is 2.46. The van der Waals surface area contributed by atoms with Crippen LogP contribution in [0.25, 0.3) is 5.76 Å². The molecule has 1 aliphatic heterocycles. The van der Waals surface area contributed by atoms with Crippen molar-refractivity contribution in [2.45, 2.75) is 26.8 Å². The molecule has 38 heavy (non-hydrogen) atoms. The number of amides is 1. The minimum Gasteiger partial charge on any atom is -0.507 e. The number of nitrogens with zero attached hydrogens (tertiary/aromatic N) is 2. The van der Waals surface area contributed by atoms with Crippen molar-refractivity contribution in [3.8, 4) is 17.2 Å². The molecule has 2 N–H and O–H groups in total. The number of hydrogen-bond acceptors (Lipinski definition) is 7. The van der Waals surface area contributed by atoms with Crippen molar-refractivity contribution in [3.05, 3.63) is 82.9 Å². The van der Waals surface area contributed by atoms with E-state index in [4.69, 9.17) is 9.47 Å². The quantitative estimate of drug-likeness (QED) is 0.241. The standard InChI is InChI=1S/C30H32N2O6/c1-6-31(7-2)20-11-9-19(10-12-20)27-26(28(34)22-17-21(37-4)13-15-25(22)38-5)29(35)30(36)32(27)23-16-18(3)8-14-24(23)33/h8-17,27,33-34H,6-7H2,1-5H3/b28-26+. The number of carbonyl (C=O) groups excluding carboxylic acids is 2. The van der Waals surface area contributed by atoms with Crippen LogP contribution in [0.1, 0.15) is 36.6 Å². The van der Waals surface area contributed by atoms with Crippen LogP contribution in [0.2, 0.25) is 0 Å². The molecular formula is C30H32N2O6. The Morgan fingerprint density at radius 3 is 2.24 bits per heavy atom. The molecule has 1 heterocycles. The average molecular weight is 517 g/mol. The maximum Gasteiger partial charge on any atom is 0.300 e. The van der Waals surface area contributed by atoms with Gasteiger partial charge in [0.2, 0.25) is 0 Å². The van der Waals surface area contributed by atoms with Gasteiger partial charge in [0, 0.05) is 18.8 Å². The highest BCUT2D eigenvalue weighted by molar-refractivity contribution is 6.52. The molecule has 0 aliphatic carbocycles. The largest absolute Gasteiger partial charge is 0.507 e. The van der Waals surface area contributed by atoms with Crippen molar-refractivity contribution in [1.29, 1.82) is 0 Å². The minimum absolute atomic E-state index is 0.113. The molecule has 0 aromatic heterocycles. The Balaban J connectivity index is 1.98. The fourth-order valence-corrected chi connectivity index (χ4v) is 4.82. The van der Waals surface area contributed by atoms with Crippen molar-refractivity contribution in [3.63, 3.8) is 0 Å². The number of Topliss-reactive ketones (excluding diaryl/α,β-unsaturated/α-hetero) is 1. The third-order valence-corrected chi connectivity index (χ3v) is 6.83. The van der Waals surface area contributed by atoms with Crippen molar-refractivity contribution in [2.75, 3.05) is 37.1 Å². The van der Waals surface area contributed by atoms with E-state index in [2.05, 4.69) is 18.7 Å². The first kappa shape index (κ1) is 26.6. The van der Waals surface area contributed by atoms with Crippen LogP contribution in [0.3, 0.4) is 0 Å². The molecule has 8 heteroatoms. The number of ketones is 1. The second kappa shape index (κ2) is 10.9. The highest BCUT2D eigenvalue weighted by Gasteiger charge is 2.48. The summed E-state index contributed by atoms with van der Waals surface area (Å²) in [4.78, 5) is 30.5. The Kier molecular flexibility index (Phi) is 7.62. The van der Waals surface area contributed by atoms with E-state index in [0.717, 1.165) is 24.3 Å². The Bertz CT molecular complexity index is 1390. The molecule has 0 bridgehead atoms. The maximum atomic E-state index is 13.5. The molecule has 1 fully saturated rings. The zero-order valence-corrected chi connectivity index (χ0v) is 22.2. The van der Waals surface area contributed by atoms with E-state index in [1.165, 1.54) is 25.2 Å². The van der Waals surface area contributed by atoms with Crippen molar-refractivity contribution >= 4 is 28.8 Å². The van der Waals surface area contributed by atoms with Crippen LogP contribution >= 0.6 is 0 Å². The third kappa shape index (κ3) is 4.65. The highest BCUT2D eigenvalue weighted by atomic mass is 16.5. The average Bonchev–Trinajstić information content (AvgIpc) is 3.20. The lowest BCUT2D eigenvalue weighted by atomic mass is 9.94. The predicted octanol–water partition coefficient (Wildman–Crippen LogP) is 5.19. The molecule has 3 aromatic carbocycles. The number of aryl methyl sites for hydroxylation is 1. The first-order chi connectivity index (χ1) is 18.2. The van der Waals surface area contributed by atoms with E-state index < -0.39 is 23.5 Å². The number of hydrogen-bond donors (Lipinski definition) is 2. The summed E-state index contributed by atoms with van der Waals surface area (Å²) < 4.78 is 10.8. The first-order valence-corrected chi connectivity index (χ1v) is 12.4. The summed E-state index contributed by atoms with van der Waals surface area (Å²) in [5.41, 5.74) is 2.67. The van der Waals surface area contributed by atoms with Crippen molar-refractivity contribution < 1.29 is 29.3 Å². The number of benzene rings is 3. The van der Waals surface area contributed by atoms with E-state index >= 15 is 0 Å². The van der Waals surface area contributed by atoms with Crippen molar-refractivity contribution in [1.82, 2.24) is 0 Å². The SMILES string of the molecule is CCN(CC)c1ccc(C2/C(=C(\O)c3cc(OC)ccc3OC)C(=O)C(=O)N2c2cc(C)ccc2O)cc1. The molecule has 1 amide bonds. The van der Waals surface area contributed by atoms with E-state index in [1.807, 2.05) is 31.2 Å². The summed E-state index contributed by atoms with van der Waals surface area (Å²) >= 11 is 0. The van der Waals surface area contributed by atoms with Crippen LogP contribution in [-0.2, 0) is 9.59 Å². The predicted molar refractivity (Wildman–Crippen MR) is 147 cm³/mol. The van der Waals surface area contributed by atoms with Crippen LogP contribution < -0.4 is 19.3 Å². The summed E-state index contributed by atoms with van der Waals surface area (Å²) in [5, 5.41) is 22.3. The third-order valence-electron chi connectivity index (χ3n) is 6.83. The molecule has 198 valence electrons. The van der Waals surface area contributed by atoms with Gasteiger partial charge in [0.05, 0.1) is 37.1 Å². The summed E-state index contributed by atoms with van der Waals surface area (Å²) in [6, 6.07) is 16.2. The molecule has 1 atom stereocenters. The van der Waals surface area contributed by atoms with Gasteiger partial charge in [-0.15, -0.1) is 0 Å². The molecule has 1 saturated heterocycles. The Hall–Kier alpha value is -4.46. The molecule has 1 aliphatic rings. The number of carbonyl (C=O) groups is 2. The number of rotatable bonds is 8. The second-order valence-corrected chi connectivity index (χ2v) is 8.99. The maximum absolute atomic E-state index is 13.5. The van der Waals surface area contributed by atoms with E-state index in [9.17, 15) is 19.8 Å². The van der Waals surface area contributed by atoms with Gasteiger partial charge in [0.1, 0.15) is 23.0 Å². The summed E-state index contributed by atoms with van der Waals surface area (Å²) in [6.45, 7) is 7.60. The molecule has 8 nitrogen and oxygen atoms in total. The van der Waals surface area contributed by atoms with Gasteiger partial charge in [-0.2, -0.15) is 0 Å². The Morgan fingerprint density at radius 1 is 0.947 bits per heavy atom. The van der Waals surface area contributed by atoms with E-state index in [0.29, 0.717) is 17.1 Å². The number of aliphatic hydroxyl groups excluding tert-OH is 1. The van der Waals surface area contributed by atoms with Crippen LogP contribution in [0.5, 0.6) is 17.2 Å². The van der Waals surface area contributed by atoms with Crippen LogP contribution in [0.4, 0.5) is 11.4 Å². The fraction of sp³-hybridized carbons (Fsp3) is 0.267. The second-order valence-electron chi connectivity index (χ2n) is 8.99. The molecule has 0 saturated carbocycles. The molecule has 1 unspecified atom stereocenters. The van der Waals surface area contributed by atoms with Gasteiger partial charge in [0.25, 0.3) is 11.7 Å². The molecule has 0 radical (unpaired) electrons. The lowest BCUT2D eigenvalue weighted by Crippen LogP contribution is -2.29. The zero-order valence-electron chi connectivity index (χ0n) is 22.2. The fourth-order valence-electron chi connectivity index (χ4n) is 4.82. The minimum atomic E-state index is -0.996. The Morgan fingerprint density at radius 2 is 1.63 bits per heavy atom. The number of phenolic OH excluding ortho intramolecular Hbond substituents is 1. The zero-order chi connectivity index (χ0) is 27.6. The van der Waals surface area contributed by atoms with Gasteiger partial charge in [-0.25, -0.2) is 0 Å². The lowest BCUT2D eigenvalue weighted by molar-refractivity contribution is -0.132. The number of aliphatic hydroxyl groups is 1. The van der Waals surface area contributed by atoms with Crippen LogP contribution in [-0.4, -0.2) is 49.2 Å².